The number of nitro groups is 1. The van der Waals surface area contributed by atoms with Crippen LogP contribution in [0.4, 0.5) is 15.8 Å². The largest absolute Gasteiger partial charge is 0.480 e. The minimum Gasteiger partial charge on any atom is -0.480 e. The van der Waals surface area contributed by atoms with Crippen molar-refractivity contribution in [1.82, 2.24) is 0 Å². The summed E-state index contributed by atoms with van der Waals surface area (Å²) in [7, 11) is 0. The first-order chi connectivity index (χ1) is 8.91. The van der Waals surface area contributed by atoms with E-state index in [1.807, 2.05) is 0 Å². The number of benzene rings is 1. The summed E-state index contributed by atoms with van der Waals surface area (Å²) in [6, 6.07) is 1.80. The molecular weight excluding hydrogens is 283 g/mol. The molecule has 0 aliphatic heterocycles. The van der Waals surface area contributed by atoms with Crippen LogP contribution in [0.3, 0.4) is 0 Å². The van der Waals surface area contributed by atoms with Crippen LogP contribution in [0.2, 0.25) is 5.02 Å². The Morgan fingerprint density at radius 1 is 1.58 bits per heavy atom. The second kappa shape index (κ2) is 6.86. The summed E-state index contributed by atoms with van der Waals surface area (Å²) in [5.41, 5.74) is -0.421. The van der Waals surface area contributed by atoms with E-state index in [9.17, 15) is 19.3 Å². The van der Waals surface area contributed by atoms with Crippen LogP contribution in [0.5, 0.6) is 0 Å². The Bertz CT molecular complexity index is 497. The summed E-state index contributed by atoms with van der Waals surface area (Å²) in [6.07, 6.45) is 0. The highest BCUT2D eigenvalue weighted by molar-refractivity contribution is 6.31. The van der Waals surface area contributed by atoms with E-state index in [1.165, 1.54) is 0 Å². The molecule has 1 aromatic carbocycles. The molecule has 104 valence electrons. The smallest absolute Gasteiger partial charge is 0.329 e. The van der Waals surface area contributed by atoms with Crippen molar-refractivity contribution in [3.63, 3.8) is 0 Å². The highest BCUT2D eigenvalue weighted by atomic mass is 35.5. The van der Waals surface area contributed by atoms with Gasteiger partial charge in [0.05, 0.1) is 16.6 Å². The summed E-state index contributed by atoms with van der Waals surface area (Å²) in [5.74, 6) is -1.91. The Morgan fingerprint density at radius 2 is 2.26 bits per heavy atom. The SMILES string of the molecule is O=C(O)COCCNc1cc(F)c(Cl)cc1[N+](=O)[O-]. The first kappa shape index (κ1) is 15.1. The molecule has 9 heteroatoms. The Balaban J connectivity index is 2.64. The maximum Gasteiger partial charge on any atom is 0.329 e. The number of rotatable bonds is 7. The third-order valence-electron chi connectivity index (χ3n) is 2.02. The summed E-state index contributed by atoms with van der Waals surface area (Å²) >= 11 is 5.45. The molecular formula is C10H10ClFN2O5. The molecule has 0 unspecified atom stereocenters. The van der Waals surface area contributed by atoms with Gasteiger partial charge in [-0.05, 0) is 0 Å². The number of carboxylic acids is 1. The van der Waals surface area contributed by atoms with Gasteiger partial charge in [0.15, 0.2) is 0 Å². The highest BCUT2D eigenvalue weighted by Crippen LogP contribution is 2.30. The van der Waals surface area contributed by atoms with Crippen LogP contribution in [-0.2, 0) is 9.53 Å². The van der Waals surface area contributed by atoms with E-state index in [4.69, 9.17) is 21.4 Å². The van der Waals surface area contributed by atoms with Crippen molar-refractivity contribution in [2.24, 2.45) is 0 Å². The van der Waals surface area contributed by atoms with Crippen LogP contribution in [0.1, 0.15) is 0 Å². The lowest BCUT2D eigenvalue weighted by Crippen LogP contribution is -2.14. The van der Waals surface area contributed by atoms with Crippen LogP contribution in [0.15, 0.2) is 12.1 Å². The van der Waals surface area contributed by atoms with E-state index < -0.39 is 23.3 Å². The quantitative estimate of drug-likeness (QED) is 0.452. The predicted octanol–water partition coefficient (Wildman–Crippen LogP) is 1.90. The van der Waals surface area contributed by atoms with Gasteiger partial charge in [-0.15, -0.1) is 0 Å². The molecule has 0 fully saturated rings. The molecule has 0 atom stereocenters. The lowest BCUT2D eigenvalue weighted by atomic mass is 10.2. The zero-order chi connectivity index (χ0) is 14.4. The molecule has 0 saturated heterocycles. The Labute approximate surface area is 112 Å². The predicted molar refractivity (Wildman–Crippen MR) is 65.0 cm³/mol. The number of ether oxygens (including phenoxy) is 1. The monoisotopic (exact) mass is 292 g/mol. The fourth-order valence-electron chi connectivity index (χ4n) is 1.25. The van der Waals surface area contributed by atoms with Crippen molar-refractivity contribution >= 4 is 28.9 Å². The number of nitrogens with zero attached hydrogens (tertiary/aromatic N) is 1. The molecule has 1 aromatic rings. The number of aliphatic carboxylic acids is 1. The van der Waals surface area contributed by atoms with Crippen molar-refractivity contribution in [1.29, 1.82) is 0 Å². The number of halogens is 2. The number of carboxylic acid groups (broad SMARTS) is 1. The van der Waals surface area contributed by atoms with Crippen LogP contribution in [0.25, 0.3) is 0 Å². The van der Waals surface area contributed by atoms with Gasteiger partial charge in [0.1, 0.15) is 18.1 Å². The summed E-state index contributed by atoms with van der Waals surface area (Å²) in [5, 5.41) is 21.3. The van der Waals surface area contributed by atoms with Gasteiger partial charge < -0.3 is 15.2 Å². The number of carbonyl (C=O) groups is 1. The third-order valence-corrected chi connectivity index (χ3v) is 2.31. The zero-order valence-corrected chi connectivity index (χ0v) is 10.3. The van der Waals surface area contributed by atoms with Crippen molar-refractivity contribution in [3.8, 4) is 0 Å². The Kier molecular flexibility index (Phi) is 5.46. The van der Waals surface area contributed by atoms with Gasteiger partial charge in [-0.2, -0.15) is 0 Å². The van der Waals surface area contributed by atoms with Crippen molar-refractivity contribution in [3.05, 3.63) is 33.1 Å². The first-order valence-electron chi connectivity index (χ1n) is 5.08. The molecule has 2 N–H and O–H groups in total. The molecule has 0 amide bonds. The number of hydrogen-bond acceptors (Lipinski definition) is 5. The highest BCUT2D eigenvalue weighted by Gasteiger charge is 2.17. The second-order valence-corrected chi connectivity index (χ2v) is 3.82. The van der Waals surface area contributed by atoms with Gasteiger partial charge in [0.25, 0.3) is 5.69 Å². The average Bonchev–Trinajstić information content (AvgIpc) is 2.32. The molecule has 1 rings (SSSR count). The third kappa shape index (κ3) is 4.68. The van der Waals surface area contributed by atoms with Gasteiger partial charge in [0, 0.05) is 18.7 Å². The Hall–Kier alpha value is -1.93. The molecule has 19 heavy (non-hydrogen) atoms. The van der Waals surface area contributed by atoms with Gasteiger partial charge in [-0.25, -0.2) is 9.18 Å². The van der Waals surface area contributed by atoms with Gasteiger partial charge >= 0.3 is 5.97 Å². The number of hydrogen-bond donors (Lipinski definition) is 2. The lowest BCUT2D eigenvalue weighted by molar-refractivity contribution is -0.384. The van der Waals surface area contributed by atoms with Gasteiger partial charge in [-0.1, -0.05) is 11.6 Å². The maximum absolute atomic E-state index is 13.2. The van der Waals surface area contributed by atoms with Crippen LogP contribution in [0, 0.1) is 15.9 Å². The number of nitrogens with one attached hydrogen (secondary N) is 1. The molecule has 0 radical (unpaired) electrons. The second-order valence-electron chi connectivity index (χ2n) is 3.41. The molecule has 0 bridgehead atoms. The van der Waals surface area contributed by atoms with E-state index in [2.05, 4.69) is 5.32 Å². The summed E-state index contributed by atoms with van der Waals surface area (Å²) in [4.78, 5) is 20.2. The van der Waals surface area contributed by atoms with Crippen LogP contribution < -0.4 is 5.32 Å². The van der Waals surface area contributed by atoms with E-state index in [1.54, 1.807) is 0 Å². The maximum atomic E-state index is 13.2. The molecule has 7 nitrogen and oxygen atoms in total. The number of anilines is 1. The average molecular weight is 293 g/mol. The first-order valence-corrected chi connectivity index (χ1v) is 5.46. The molecule has 0 aliphatic rings. The topological polar surface area (TPSA) is 102 Å². The van der Waals surface area contributed by atoms with E-state index in [-0.39, 0.29) is 29.5 Å². The molecule has 0 aromatic heterocycles. The van der Waals surface area contributed by atoms with Crippen LogP contribution in [-0.4, -0.2) is 35.8 Å². The van der Waals surface area contributed by atoms with Gasteiger partial charge in [0.2, 0.25) is 0 Å². The van der Waals surface area contributed by atoms with E-state index in [0.717, 1.165) is 12.1 Å². The zero-order valence-electron chi connectivity index (χ0n) is 9.56. The molecule has 0 saturated carbocycles. The normalized spacial score (nSPS) is 10.2. The standard InChI is InChI=1S/C10H10ClFN2O5/c11-6-3-9(14(17)18)8(4-7(6)12)13-1-2-19-5-10(15)16/h3-4,13H,1-2,5H2,(H,15,16). The van der Waals surface area contributed by atoms with Crippen molar-refractivity contribution in [2.45, 2.75) is 0 Å². The van der Waals surface area contributed by atoms with E-state index >= 15 is 0 Å². The van der Waals surface area contributed by atoms with Crippen LogP contribution >= 0.6 is 11.6 Å². The van der Waals surface area contributed by atoms with Crippen molar-refractivity contribution in [2.75, 3.05) is 25.1 Å². The minimum absolute atomic E-state index is 0.00764. The fraction of sp³-hybridized carbons (Fsp3) is 0.300. The molecule has 0 heterocycles. The number of nitro benzene ring substituents is 1. The fourth-order valence-corrected chi connectivity index (χ4v) is 1.40. The summed E-state index contributed by atoms with van der Waals surface area (Å²) in [6.45, 7) is -0.373. The lowest BCUT2D eigenvalue weighted by Gasteiger charge is -2.08. The molecule has 0 aliphatic carbocycles. The Morgan fingerprint density at radius 3 is 2.84 bits per heavy atom. The van der Waals surface area contributed by atoms with E-state index in [0.29, 0.717) is 0 Å². The minimum atomic E-state index is -1.12. The summed E-state index contributed by atoms with van der Waals surface area (Å²) < 4.78 is 17.9. The molecule has 0 spiro atoms. The van der Waals surface area contributed by atoms with Gasteiger partial charge in [-0.3, -0.25) is 10.1 Å². The van der Waals surface area contributed by atoms with Crippen molar-refractivity contribution < 1.29 is 24.0 Å².